The van der Waals surface area contributed by atoms with E-state index >= 15 is 0 Å². The molecule has 0 N–H and O–H groups in total. The zero-order chi connectivity index (χ0) is 20.1. The lowest BCUT2D eigenvalue weighted by Gasteiger charge is -2.24. The van der Waals surface area contributed by atoms with Gasteiger partial charge < -0.3 is 0 Å². The molecule has 1 aliphatic heterocycles. The number of para-hydroxylation sites is 1. The third kappa shape index (κ3) is 2.55. The summed E-state index contributed by atoms with van der Waals surface area (Å²) in [6.07, 6.45) is 3.85. The van der Waals surface area contributed by atoms with Gasteiger partial charge in [-0.05, 0) is 24.3 Å². The van der Waals surface area contributed by atoms with Crippen molar-refractivity contribution in [3.63, 3.8) is 0 Å². The van der Waals surface area contributed by atoms with Gasteiger partial charge in [-0.1, -0.05) is 24.3 Å². The van der Waals surface area contributed by atoms with Gasteiger partial charge in [0, 0.05) is 52.9 Å². The van der Waals surface area contributed by atoms with Crippen molar-refractivity contribution in [3.05, 3.63) is 83.6 Å². The van der Waals surface area contributed by atoms with Crippen molar-refractivity contribution in [1.82, 2.24) is 4.90 Å². The molecule has 0 aliphatic carbocycles. The lowest BCUT2D eigenvalue weighted by atomic mass is 9.93. The summed E-state index contributed by atoms with van der Waals surface area (Å²) in [5.41, 5.74) is 3.93. The largest absolute Gasteiger partial charge is 0.277 e. The summed E-state index contributed by atoms with van der Waals surface area (Å²) in [5, 5.41) is 2.59. The van der Waals surface area contributed by atoms with E-state index in [-0.39, 0.29) is 11.8 Å². The molecule has 1 aromatic heterocycles. The fourth-order valence-electron chi connectivity index (χ4n) is 3.95. The Hall–Kier alpha value is -3.86. The smallest absolute Gasteiger partial charge is 0.261 e. The average Bonchev–Trinajstić information content (AvgIpc) is 2.76. The van der Waals surface area contributed by atoms with Crippen molar-refractivity contribution in [1.29, 1.82) is 0 Å². The molecule has 0 fully saturated rings. The molecule has 0 radical (unpaired) electrons. The molecule has 5 rings (SSSR count). The number of aliphatic imine (C=N–C) groups is 1. The third-order valence-corrected chi connectivity index (χ3v) is 5.50. The predicted molar refractivity (Wildman–Crippen MR) is 113 cm³/mol. The quantitative estimate of drug-likeness (QED) is 0.302. The number of aryl methyl sites for hydroxylation is 1. The highest BCUT2D eigenvalue weighted by Crippen LogP contribution is 2.35. The number of pyridine rings is 1. The Morgan fingerprint density at radius 2 is 1.59 bits per heavy atom. The van der Waals surface area contributed by atoms with Crippen molar-refractivity contribution < 1.29 is 14.2 Å². The second kappa shape index (κ2) is 6.34. The van der Waals surface area contributed by atoms with E-state index < -0.39 is 0 Å². The van der Waals surface area contributed by atoms with Crippen LogP contribution in [0.15, 0.2) is 71.9 Å². The van der Waals surface area contributed by atoms with Crippen LogP contribution in [-0.4, -0.2) is 30.0 Å². The van der Waals surface area contributed by atoms with Gasteiger partial charge in [-0.15, -0.1) is 0 Å². The molecule has 3 aromatic carbocycles. The molecule has 29 heavy (non-hydrogen) atoms. The summed E-state index contributed by atoms with van der Waals surface area (Å²) < 4.78 is 2.07. The van der Waals surface area contributed by atoms with Crippen molar-refractivity contribution in [3.8, 4) is 0 Å². The van der Waals surface area contributed by atoms with Crippen LogP contribution >= 0.6 is 0 Å². The number of nitrogens with zero attached hydrogens (tertiary/aromatic N) is 3. The molecule has 140 valence electrons. The van der Waals surface area contributed by atoms with E-state index in [9.17, 15) is 9.59 Å². The Morgan fingerprint density at radius 1 is 0.862 bits per heavy atom. The minimum absolute atomic E-state index is 0.282. The van der Waals surface area contributed by atoms with Gasteiger partial charge in [0.05, 0.1) is 11.1 Å². The third-order valence-electron chi connectivity index (χ3n) is 5.50. The molecular formula is C24H18N3O2+. The van der Waals surface area contributed by atoms with Crippen LogP contribution in [0.1, 0.15) is 26.3 Å². The second-order valence-corrected chi connectivity index (χ2v) is 7.19. The predicted octanol–water partition coefficient (Wildman–Crippen LogP) is 3.79. The summed E-state index contributed by atoms with van der Waals surface area (Å²) in [5.74, 6) is -0.563. The molecular weight excluding hydrogens is 362 g/mol. The molecule has 0 saturated carbocycles. The number of hydrogen-bond donors (Lipinski definition) is 0. The maximum atomic E-state index is 12.5. The van der Waals surface area contributed by atoms with Crippen LogP contribution < -0.4 is 4.57 Å². The summed E-state index contributed by atoms with van der Waals surface area (Å²) in [7, 11) is 3.53. The minimum Gasteiger partial charge on any atom is -0.277 e. The fourth-order valence-corrected chi connectivity index (χ4v) is 3.95. The molecule has 0 atom stereocenters. The topological polar surface area (TPSA) is 53.6 Å². The normalized spacial score (nSPS) is 13.8. The first-order chi connectivity index (χ1) is 14.1. The van der Waals surface area contributed by atoms with Crippen molar-refractivity contribution >= 4 is 45.4 Å². The van der Waals surface area contributed by atoms with Gasteiger partial charge in [0.1, 0.15) is 7.05 Å². The molecule has 4 aromatic rings. The monoisotopic (exact) mass is 380 g/mol. The molecule has 1 aliphatic rings. The van der Waals surface area contributed by atoms with Crippen LogP contribution in [-0.2, 0) is 7.05 Å². The molecule has 5 nitrogen and oxygen atoms in total. The molecule has 2 heterocycles. The average molecular weight is 380 g/mol. The minimum atomic E-state index is -0.282. The van der Waals surface area contributed by atoms with E-state index in [0.29, 0.717) is 16.5 Å². The summed E-state index contributed by atoms with van der Waals surface area (Å²) >= 11 is 0. The molecule has 0 spiro atoms. The highest BCUT2D eigenvalue weighted by atomic mass is 16.2. The maximum absolute atomic E-state index is 12.5. The van der Waals surface area contributed by atoms with Crippen LogP contribution in [0.5, 0.6) is 0 Å². The Balaban J connectivity index is 1.69. The number of benzene rings is 3. The zero-order valence-electron chi connectivity index (χ0n) is 16.1. The molecule has 5 heteroatoms. The van der Waals surface area contributed by atoms with Gasteiger partial charge in [-0.2, -0.15) is 0 Å². The van der Waals surface area contributed by atoms with Crippen molar-refractivity contribution in [2.75, 3.05) is 7.05 Å². The van der Waals surface area contributed by atoms with Crippen LogP contribution in [0, 0.1) is 0 Å². The van der Waals surface area contributed by atoms with E-state index in [4.69, 9.17) is 4.99 Å². The summed E-state index contributed by atoms with van der Waals surface area (Å²) in [4.78, 5) is 31.0. The van der Waals surface area contributed by atoms with Gasteiger partial charge in [0.2, 0.25) is 5.52 Å². The first-order valence-corrected chi connectivity index (χ1v) is 9.36. The van der Waals surface area contributed by atoms with E-state index in [2.05, 4.69) is 16.7 Å². The number of rotatable bonds is 2. The number of aromatic nitrogens is 1. The number of carbonyl (C=O) groups is 2. The number of imide groups is 1. The second-order valence-electron chi connectivity index (χ2n) is 7.19. The molecule has 2 amide bonds. The van der Waals surface area contributed by atoms with Crippen LogP contribution in [0.4, 0.5) is 5.69 Å². The van der Waals surface area contributed by atoms with Gasteiger partial charge in [0.15, 0.2) is 6.20 Å². The first-order valence-electron chi connectivity index (χ1n) is 9.36. The Kier molecular flexibility index (Phi) is 3.77. The summed E-state index contributed by atoms with van der Waals surface area (Å²) in [6.45, 7) is 0. The summed E-state index contributed by atoms with van der Waals surface area (Å²) in [6, 6.07) is 19.3. The van der Waals surface area contributed by atoms with Crippen molar-refractivity contribution in [2.24, 2.45) is 12.0 Å². The highest BCUT2D eigenvalue weighted by molar-refractivity contribution is 6.26. The van der Waals surface area contributed by atoms with Crippen LogP contribution in [0.3, 0.4) is 0 Å². The van der Waals surface area contributed by atoms with Crippen molar-refractivity contribution in [2.45, 2.75) is 0 Å². The van der Waals surface area contributed by atoms with E-state index in [0.717, 1.165) is 32.4 Å². The Morgan fingerprint density at radius 3 is 2.41 bits per heavy atom. The number of amides is 2. The number of carbonyl (C=O) groups excluding carboxylic acids is 2. The molecule has 0 bridgehead atoms. The van der Waals surface area contributed by atoms with Gasteiger partial charge in [0.25, 0.3) is 11.8 Å². The first kappa shape index (κ1) is 17.3. The maximum Gasteiger partial charge on any atom is 0.261 e. The lowest BCUT2D eigenvalue weighted by molar-refractivity contribution is -0.644. The van der Waals surface area contributed by atoms with Gasteiger partial charge in [-0.3, -0.25) is 19.5 Å². The molecule has 0 saturated heterocycles. The van der Waals surface area contributed by atoms with Gasteiger partial charge in [-0.25, -0.2) is 4.57 Å². The fraction of sp³-hybridized carbons (Fsp3) is 0.0833. The SMILES string of the molecule is CN1C(=O)c2cccc3c(N=Cc4cc[n+](C)c5ccccc45)ccc(c23)C1=O. The van der Waals surface area contributed by atoms with Crippen LogP contribution in [0.2, 0.25) is 0 Å². The molecule has 0 unspecified atom stereocenters. The van der Waals surface area contributed by atoms with E-state index in [1.165, 1.54) is 7.05 Å². The zero-order valence-corrected chi connectivity index (χ0v) is 16.1. The van der Waals surface area contributed by atoms with Crippen LogP contribution in [0.25, 0.3) is 21.7 Å². The Bertz CT molecular complexity index is 1350. The van der Waals surface area contributed by atoms with E-state index in [1.54, 1.807) is 12.1 Å². The van der Waals surface area contributed by atoms with E-state index in [1.807, 2.05) is 55.9 Å². The van der Waals surface area contributed by atoms with Gasteiger partial charge >= 0.3 is 0 Å². The Labute approximate surface area is 167 Å². The number of hydrogen-bond acceptors (Lipinski definition) is 3. The highest BCUT2D eigenvalue weighted by Gasteiger charge is 2.30. The number of fused-ring (bicyclic) bond motifs is 1. The lowest BCUT2D eigenvalue weighted by Crippen LogP contribution is -2.36. The standard InChI is InChI=1S/C24H18N3O2/c1-26-13-12-15(16-6-3-4-9-21(16)26)14-25-20-11-10-19-22-17(20)7-5-8-18(22)23(28)27(2)24(19)29/h3-14H,1-2H3/q+1.